The van der Waals surface area contributed by atoms with Crippen molar-refractivity contribution >= 4 is 22.7 Å². The summed E-state index contributed by atoms with van der Waals surface area (Å²) in [6, 6.07) is 35.4. The number of carbonyl (C=O) groups excluding carboxylic acids is 2. The Morgan fingerprint density at radius 3 is 2.31 bits per heavy atom. The van der Waals surface area contributed by atoms with E-state index in [1.54, 1.807) is 33.7 Å². The van der Waals surface area contributed by atoms with Gasteiger partial charge in [0.25, 0.3) is 0 Å². The minimum Gasteiger partial charge on any atom is -0.462 e. The lowest BCUT2D eigenvalue weighted by Gasteiger charge is -2.72. The van der Waals surface area contributed by atoms with Gasteiger partial charge >= 0.3 is 11.9 Å². The molecule has 10 aliphatic carbocycles. The van der Waals surface area contributed by atoms with Crippen molar-refractivity contribution in [3.63, 3.8) is 0 Å². The van der Waals surface area contributed by atoms with Crippen LogP contribution in [0.2, 0.25) is 0 Å². The number of esters is 2. The Morgan fingerprint density at radius 2 is 1.51 bits per heavy atom. The molecule has 16 rings (SSSR count). The molecule has 8 fully saturated rings. The maximum atomic E-state index is 14.9. The summed E-state index contributed by atoms with van der Waals surface area (Å²) in [6.07, 6.45) is 30.3. The van der Waals surface area contributed by atoms with Gasteiger partial charge in [0, 0.05) is 30.3 Å². The molecule has 89 heavy (non-hydrogen) atoms. The fourth-order valence-corrected chi connectivity index (χ4v) is 26.5. The number of aliphatic hydroxyl groups excluding tert-OH is 2. The standard InChI is InChI=1S/C82H102O7/c1-54(19-16-22-55-20-6-4-7-21-55)29-32-66(83)82-67(84)35-42-75(3,73(82)65-50-74(2,36-12-11-28-68(85)89-65)81(82,87)44-33-56-47-69(86)88-51-56)59-34-43-80-53-76(45-46-78(52-76)40-18-39-77(78)37-14-15-38-77)64-49-79(58-24-8-5-9-25-58)41-13-10-27-62(79)61-31-30-57-23-17-26-60(63(80)48-59)70(57)71(61)72(64)80/h4-9,17,20-21,23-26,30-31,47,54,59,62-67,72-73,83-84,87H,10-11,13-16,18-19,22,27-29,32-35,37-46,48-53H2,1-3H3/t54-,59+,62-,63+,64-,65-,66+,67-,72-,73+,74+,75+,76+,78+,79+,80+,81-,82+/m1/s1. The summed E-state index contributed by atoms with van der Waals surface area (Å²) in [4.78, 5) is 27.3. The molecule has 0 amide bonds. The number of aryl methyl sites for hydroxylation is 1. The maximum absolute atomic E-state index is 14.9. The van der Waals surface area contributed by atoms with Gasteiger partial charge in [-0.15, -0.1) is 5.92 Å². The summed E-state index contributed by atoms with van der Waals surface area (Å²) in [6.45, 7) is 6.98. The van der Waals surface area contributed by atoms with Crippen LogP contribution in [0.25, 0.3) is 10.8 Å². The first-order valence-electron chi connectivity index (χ1n) is 36.3. The lowest BCUT2D eigenvalue weighted by Crippen LogP contribution is -2.79. The van der Waals surface area contributed by atoms with E-state index in [1.807, 2.05) is 6.92 Å². The molecular formula is C82H102O7. The quantitative estimate of drug-likeness (QED) is 0.0903. The Bertz CT molecular complexity index is 3490. The topological polar surface area (TPSA) is 113 Å². The van der Waals surface area contributed by atoms with Gasteiger partial charge in [0.1, 0.15) is 12.7 Å². The molecule has 0 radical (unpaired) electrons. The summed E-state index contributed by atoms with van der Waals surface area (Å²) in [5, 5.41) is 45.6. The van der Waals surface area contributed by atoms with Crippen molar-refractivity contribution in [2.24, 2.45) is 61.6 Å². The van der Waals surface area contributed by atoms with E-state index in [1.165, 1.54) is 114 Å². The maximum Gasteiger partial charge on any atom is 0.331 e. The first kappa shape index (κ1) is 59.3. The summed E-state index contributed by atoms with van der Waals surface area (Å²) < 4.78 is 12.5. The minimum atomic E-state index is -1.75. The Labute approximate surface area is 531 Å². The predicted octanol–water partition coefficient (Wildman–Crippen LogP) is 17.4. The number of carbonyl (C=O) groups is 2. The molecule has 4 spiro atoms. The summed E-state index contributed by atoms with van der Waals surface area (Å²) in [5.41, 5.74) is 5.13. The van der Waals surface area contributed by atoms with Crippen molar-refractivity contribution in [3.8, 4) is 11.8 Å². The van der Waals surface area contributed by atoms with Crippen molar-refractivity contribution < 1.29 is 34.4 Å². The highest BCUT2D eigenvalue weighted by Crippen LogP contribution is 2.84. The summed E-state index contributed by atoms with van der Waals surface area (Å²) in [7, 11) is 0. The van der Waals surface area contributed by atoms with E-state index >= 15 is 0 Å². The first-order chi connectivity index (χ1) is 43.1. The second-order valence-electron chi connectivity index (χ2n) is 33.4. The van der Waals surface area contributed by atoms with E-state index < -0.39 is 46.1 Å². The van der Waals surface area contributed by atoms with E-state index in [2.05, 4.69) is 117 Å². The van der Waals surface area contributed by atoms with Crippen LogP contribution in [0, 0.1) is 73.4 Å². The lowest BCUT2D eigenvalue weighted by molar-refractivity contribution is -0.339. The molecule has 12 aliphatic rings. The number of fused-ring (bicyclic) bond motifs is 9. The normalized spacial score (nSPS) is 41.9. The molecule has 4 aromatic rings. The number of hydrogen-bond donors (Lipinski definition) is 3. The number of benzene rings is 4. The molecule has 472 valence electrons. The monoisotopic (exact) mass is 1200 g/mol. The number of rotatable bonds is 13. The second kappa shape index (κ2) is 21.7. The Hall–Kier alpha value is -4.74. The molecule has 2 aliphatic heterocycles. The first-order valence-corrected chi connectivity index (χ1v) is 36.3. The van der Waals surface area contributed by atoms with Crippen molar-refractivity contribution in [1.82, 2.24) is 0 Å². The van der Waals surface area contributed by atoms with Crippen LogP contribution in [0.4, 0.5) is 0 Å². The molecule has 2 bridgehead atoms. The zero-order valence-electron chi connectivity index (χ0n) is 54.1. The van der Waals surface area contributed by atoms with Gasteiger partial charge in [0.15, 0.2) is 0 Å². The van der Waals surface area contributed by atoms with Gasteiger partial charge in [0.2, 0.25) is 0 Å². The van der Waals surface area contributed by atoms with E-state index in [9.17, 15) is 24.9 Å². The average molecular weight is 1200 g/mol. The van der Waals surface area contributed by atoms with Gasteiger partial charge in [-0.25, -0.2) is 4.79 Å². The van der Waals surface area contributed by atoms with Crippen LogP contribution in [-0.4, -0.2) is 57.8 Å². The van der Waals surface area contributed by atoms with Gasteiger partial charge in [-0.2, -0.15) is 0 Å². The zero-order chi connectivity index (χ0) is 60.8. The van der Waals surface area contributed by atoms with Crippen molar-refractivity contribution in [1.29, 1.82) is 0 Å². The molecule has 0 aromatic heterocycles. The average Bonchev–Trinajstić information content (AvgIpc) is 1.58. The number of aliphatic hydroxyl groups is 3. The predicted molar refractivity (Wildman–Crippen MR) is 351 cm³/mol. The molecule has 18 atom stereocenters. The van der Waals surface area contributed by atoms with Gasteiger partial charge in [-0.05, 0) is 255 Å². The van der Waals surface area contributed by atoms with Crippen molar-refractivity contribution in [2.75, 3.05) is 6.61 Å². The molecule has 0 unspecified atom stereocenters. The van der Waals surface area contributed by atoms with Gasteiger partial charge in [-0.1, -0.05) is 149 Å². The van der Waals surface area contributed by atoms with E-state index in [0.717, 1.165) is 50.5 Å². The largest absolute Gasteiger partial charge is 0.462 e. The third kappa shape index (κ3) is 8.57. The van der Waals surface area contributed by atoms with E-state index in [0.29, 0.717) is 73.0 Å². The highest BCUT2D eigenvalue weighted by molar-refractivity contribution is 5.93. The van der Waals surface area contributed by atoms with Gasteiger partial charge in [0.05, 0.1) is 35.1 Å². The van der Waals surface area contributed by atoms with Gasteiger partial charge < -0.3 is 24.8 Å². The van der Waals surface area contributed by atoms with Crippen LogP contribution < -0.4 is 0 Å². The van der Waals surface area contributed by atoms with Crippen LogP contribution in [0.1, 0.15) is 259 Å². The lowest BCUT2D eigenvalue weighted by atomic mass is 9.34. The van der Waals surface area contributed by atoms with Crippen LogP contribution >= 0.6 is 0 Å². The summed E-state index contributed by atoms with van der Waals surface area (Å²) in [5.74, 6) is 8.07. The highest BCUT2D eigenvalue weighted by atomic mass is 16.5. The van der Waals surface area contributed by atoms with Crippen molar-refractivity contribution in [3.05, 3.63) is 130 Å². The molecule has 0 saturated heterocycles. The van der Waals surface area contributed by atoms with Crippen LogP contribution in [0.3, 0.4) is 0 Å². The second-order valence-corrected chi connectivity index (χ2v) is 33.4. The fourth-order valence-electron chi connectivity index (χ4n) is 26.5. The zero-order valence-corrected chi connectivity index (χ0v) is 54.1. The molecule has 3 N–H and O–H groups in total. The Morgan fingerprint density at radius 1 is 0.719 bits per heavy atom. The fraction of sp³-hybridized carbons (Fsp3) is 0.659. The van der Waals surface area contributed by atoms with Gasteiger partial charge in [-0.3, -0.25) is 4.79 Å². The third-order valence-corrected chi connectivity index (χ3v) is 30.0. The molecule has 8 saturated carbocycles. The van der Waals surface area contributed by atoms with E-state index in [4.69, 9.17) is 9.47 Å². The third-order valence-electron chi connectivity index (χ3n) is 30.0. The number of cyclic esters (lactones) is 1. The molecule has 2 heterocycles. The Kier molecular flexibility index (Phi) is 14.4. The number of hydrogen-bond acceptors (Lipinski definition) is 7. The molecule has 4 aromatic carbocycles. The minimum absolute atomic E-state index is 0.0648. The Balaban J connectivity index is 0.841. The van der Waals surface area contributed by atoms with Crippen LogP contribution in [-0.2, 0) is 30.9 Å². The highest BCUT2D eigenvalue weighted by Gasteiger charge is 2.79. The van der Waals surface area contributed by atoms with Crippen LogP contribution in [0.5, 0.6) is 0 Å². The SMILES string of the molecule is C[C@H](CCCc1ccccc1)CC[C@H](O)[C@]12[C@H](O)CC[C@@](C)([C@H]3CC[C@@]45C[C@@]6(CC[C@@]7(CCCC78CCCC8)C6)[C@@H]6C[C@]7(c8ccccc8)CCCC[C@@H]7c7ccc8cccc(c8c7[C@@H]64)[C@@H]5C3)[C@@H]1[C@H]1C[C@](C)(C#CCCC(=O)O1)[C@]2(O)CCC1=CC(=O)OC1. The molecule has 7 heteroatoms. The van der Waals surface area contributed by atoms with E-state index in [-0.39, 0.29) is 59.5 Å². The number of ether oxygens (including phenoxy) is 2. The smallest absolute Gasteiger partial charge is 0.331 e. The summed E-state index contributed by atoms with van der Waals surface area (Å²) >= 11 is 0. The molecular weight excluding hydrogens is 1100 g/mol. The van der Waals surface area contributed by atoms with Crippen LogP contribution in [0.15, 0.2) is 103 Å². The molecule has 7 nitrogen and oxygen atoms in total. The van der Waals surface area contributed by atoms with Crippen molar-refractivity contribution in [2.45, 2.75) is 267 Å².